The van der Waals surface area contributed by atoms with Crippen molar-refractivity contribution < 1.29 is 13.2 Å². The Kier molecular flexibility index (Phi) is 6.23. The van der Waals surface area contributed by atoms with Gasteiger partial charge in [0.2, 0.25) is 15.9 Å². The van der Waals surface area contributed by atoms with Crippen molar-refractivity contribution in [1.29, 1.82) is 0 Å². The average molecular weight is 394 g/mol. The van der Waals surface area contributed by atoms with Gasteiger partial charge in [-0.3, -0.25) is 4.79 Å². The predicted molar refractivity (Wildman–Crippen MR) is 106 cm³/mol. The Morgan fingerprint density at radius 1 is 1.07 bits per heavy atom. The van der Waals surface area contributed by atoms with Crippen LogP contribution in [-0.2, 0) is 14.8 Å². The van der Waals surface area contributed by atoms with Crippen LogP contribution in [0.3, 0.4) is 0 Å². The number of piperidine rings is 2. The van der Waals surface area contributed by atoms with Crippen LogP contribution in [0.2, 0.25) is 0 Å². The highest BCUT2D eigenvalue weighted by atomic mass is 32.2. The molecule has 2 aliphatic heterocycles. The molecule has 0 aliphatic carbocycles. The van der Waals surface area contributed by atoms with Gasteiger partial charge in [0.15, 0.2) is 0 Å². The first kappa shape index (κ1) is 20.3. The molecule has 2 heterocycles. The van der Waals surface area contributed by atoms with E-state index in [1.165, 1.54) is 4.31 Å². The van der Waals surface area contributed by atoms with Gasteiger partial charge in [0, 0.05) is 37.6 Å². The van der Waals surface area contributed by atoms with Gasteiger partial charge in [0.1, 0.15) is 0 Å². The number of carbonyl (C=O) groups is 1. The minimum atomic E-state index is -3.49. The molecule has 2 fully saturated rings. The highest BCUT2D eigenvalue weighted by Gasteiger charge is 2.37. The molecular formula is C20H31N3O3S. The SMILES string of the molecule is Cc1ccc(S(=O)(=O)N2CCC(C(=O)N3CCCCC3C(C)N)CC2)cc1. The van der Waals surface area contributed by atoms with Gasteiger partial charge in [-0.2, -0.15) is 4.31 Å². The van der Waals surface area contributed by atoms with E-state index in [9.17, 15) is 13.2 Å². The molecule has 2 aliphatic rings. The summed E-state index contributed by atoms with van der Waals surface area (Å²) in [7, 11) is -3.49. The van der Waals surface area contributed by atoms with Gasteiger partial charge in [0.25, 0.3) is 0 Å². The number of benzene rings is 1. The van der Waals surface area contributed by atoms with Crippen molar-refractivity contribution in [3.8, 4) is 0 Å². The Labute approximate surface area is 162 Å². The largest absolute Gasteiger partial charge is 0.338 e. The maximum absolute atomic E-state index is 13.0. The average Bonchev–Trinajstić information content (AvgIpc) is 2.68. The van der Waals surface area contributed by atoms with Crippen molar-refractivity contribution in [2.24, 2.45) is 11.7 Å². The lowest BCUT2D eigenvalue weighted by molar-refractivity contribution is -0.141. The van der Waals surface area contributed by atoms with Crippen LogP contribution in [0.15, 0.2) is 29.2 Å². The summed E-state index contributed by atoms with van der Waals surface area (Å²) < 4.78 is 27.2. The van der Waals surface area contributed by atoms with E-state index in [1.54, 1.807) is 12.1 Å². The summed E-state index contributed by atoms with van der Waals surface area (Å²) in [6.45, 7) is 5.45. The topological polar surface area (TPSA) is 83.7 Å². The number of hydrogen-bond acceptors (Lipinski definition) is 4. The summed E-state index contributed by atoms with van der Waals surface area (Å²) in [5.74, 6) is 0.0539. The number of likely N-dealkylation sites (tertiary alicyclic amines) is 1. The number of amides is 1. The van der Waals surface area contributed by atoms with Gasteiger partial charge < -0.3 is 10.6 Å². The molecule has 2 atom stereocenters. The molecule has 2 unspecified atom stereocenters. The maximum atomic E-state index is 13.0. The molecule has 0 spiro atoms. The zero-order chi connectivity index (χ0) is 19.6. The van der Waals surface area contributed by atoms with E-state index < -0.39 is 10.0 Å². The molecule has 1 aromatic rings. The summed E-state index contributed by atoms with van der Waals surface area (Å²) in [5, 5.41) is 0. The van der Waals surface area contributed by atoms with Crippen LogP contribution in [0.4, 0.5) is 0 Å². The zero-order valence-corrected chi connectivity index (χ0v) is 17.1. The van der Waals surface area contributed by atoms with Gasteiger partial charge in [-0.1, -0.05) is 17.7 Å². The molecule has 7 heteroatoms. The second-order valence-electron chi connectivity index (χ2n) is 7.95. The van der Waals surface area contributed by atoms with Crippen molar-refractivity contribution >= 4 is 15.9 Å². The molecule has 0 bridgehead atoms. The molecule has 0 radical (unpaired) electrons. The molecule has 1 amide bonds. The van der Waals surface area contributed by atoms with Crippen LogP contribution < -0.4 is 5.73 Å². The van der Waals surface area contributed by atoms with Crippen molar-refractivity contribution in [2.45, 2.75) is 62.9 Å². The summed E-state index contributed by atoms with van der Waals surface area (Å²) in [4.78, 5) is 15.3. The fraction of sp³-hybridized carbons (Fsp3) is 0.650. The summed E-state index contributed by atoms with van der Waals surface area (Å²) >= 11 is 0. The minimum absolute atomic E-state index is 0.0312. The van der Waals surface area contributed by atoms with Crippen LogP contribution >= 0.6 is 0 Å². The lowest BCUT2D eigenvalue weighted by atomic mass is 9.91. The summed E-state index contributed by atoms with van der Waals surface area (Å²) in [6.07, 6.45) is 4.25. The lowest BCUT2D eigenvalue weighted by Gasteiger charge is -2.41. The zero-order valence-electron chi connectivity index (χ0n) is 16.3. The summed E-state index contributed by atoms with van der Waals surface area (Å²) in [5.41, 5.74) is 7.13. The van der Waals surface area contributed by atoms with Gasteiger partial charge >= 0.3 is 0 Å². The first-order valence-corrected chi connectivity index (χ1v) is 11.4. The van der Waals surface area contributed by atoms with Gasteiger partial charge in [-0.25, -0.2) is 8.42 Å². The highest BCUT2D eigenvalue weighted by Crippen LogP contribution is 2.28. The van der Waals surface area contributed by atoms with Crippen LogP contribution in [0, 0.1) is 12.8 Å². The third-order valence-electron chi connectivity index (χ3n) is 5.90. The van der Waals surface area contributed by atoms with E-state index in [1.807, 2.05) is 30.9 Å². The first-order valence-electron chi connectivity index (χ1n) is 9.93. The molecule has 1 aromatic carbocycles. The van der Waals surface area contributed by atoms with Gasteiger partial charge in [-0.15, -0.1) is 0 Å². The van der Waals surface area contributed by atoms with Crippen molar-refractivity contribution in [3.05, 3.63) is 29.8 Å². The number of nitrogens with zero attached hydrogens (tertiary/aromatic N) is 2. The van der Waals surface area contributed by atoms with Crippen molar-refractivity contribution in [3.63, 3.8) is 0 Å². The maximum Gasteiger partial charge on any atom is 0.243 e. The monoisotopic (exact) mass is 393 g/mol. The number of sulfonamides is 1. The van der Waals surface area contributed by atoms with Crippen LogP contribution in [0.1, 0.15) is 44.6 Å². The Bertz CT molecular complexity index is 753. The molecule has 0 saturated carbocycles. The molecule has 150 valence electrons. The normalized spacial score (nSPS) is 24.0. The smallest absolute Gasteiger partial charge is 0.243 e. The number of aryl methyl sites for hydroxylation is 1. The second kappa shape index (κ2) is 8.29. The Morgan fingerprint density at radius 3 is 2.30 bits per heavy atom. The lowest BCUT2D eigenvalue weighted by Crippen LogP contribution is -2.54. The van der Waals surface area contributed by atoms with Gasteiger partial charge in [-0.05, 0) is 58.1 Å². The number of carbonyl (C=O) groups excluding carboxylic acids is 1. The van der Waals surface area contributed by atoms with Crippen molar-refractivity contribution in [1.82, 2.24) is 9.21 Å². The molecule has 27 heavy (non-hydrogen) atoms. The van der Waals surface area contributed by atoms with Crippen LogP contribution in [-0.4, -0.2) is 55.2 Å². The Morgan fingerprint density at radius 2 is 1.70 bits per heavy atom. The van der Waals surface area contributed by atoms with Crippen LogP contribution in [0.25, 0.3) is 0 Å². The highest BCUT2D eigenvalue weighted by molar-refractivity contribution is 7.89. The second-order valence-corrected chi connectivity index (χ2v) is 9.88. The van der Waals surface area contributed by atoms with E-state index in [0.29, 0.717) is 30.8 Å². The predicted octanol–water partition coefficient (Wildman–Crippen LogP) is 2.12. The number of hydrogen-bond donors (Lipinski definition) is 1. The van der Waals surface area contributed by atoms with Crippen molar-refractivity contribution in [2.75, 3.05) is 19.6 Å². The third-order valence-corrected chi connectivity index (χ3v) is 7.81. The van der Waals surface area contributed by atoms with E-state index in [4.69, 9.17) is 5.73 Å². The Balaban J connectivity index is 1.64. The third kappa shape index (κ3) is 4.36. The molecule has 3 rings (SSSR count). The van der Waals surface area contributed by atoms with E-state index in [2.05, 4.69) is 0 Å². The minimum Gasteiger partial charge on any atom is -0.338 e. The molecule has 2 N–H and O–H groups in total. The molecular weight excluding hydrogens is 362 g/mol. The van der Waals surface area contributed by atoms with E-state index >= 15 is 0 Å². The summed E-state index contributed by atoms with van der Waals surface area (Å²) in [6, 6.07) is 7.02. The quantitative estimate of drug-likeness (QED) is 0.849. The first-order chi connectivity index (χ1) is 12.8. The Hall–Kier alpha value is -1.44. The van der Waals surface area contributed by atoms with Crippen LogP contribution in [0.5, 0.6) is 0 Å². The number of rotatable bonds is 4. The molecule has 6 nitrogen and oxygen atoms in total. The van der Waals surface area contributed by atoms with E-state index in [0.717, 1.165) is 31.4 Å². The fourth-order valence-corrected chi connectivity index (χ4v) is 5.68. The number of nitrogens with two attached hydrogens (primary N) is 1. The fourth-order valence-electron chi connectivity index (χ4n) is 4.21. The molecule has 0 aromatic heterocycles. The molecule has 2 saturated heterocycles. The van der Waals surface area contributed by atoms with Gasteiger partial charge in [0.05, 0.1) is 4.90 Å². The van der Waals surface area contributed by atoms with E-state index in [-0.39, 0.29) is 23.9 Å². The standard InChI is InChI=1S/C20H31N3O3S/c1-15-6-8-18(9-7-15)27(25,26)22-13-10-17(11-14-22)20(24)23-12-4-3-5-19(23)16(2)21/h6-9,16-17,19H,3-5,10-14,21H2,1-2H3.